The Kier molecular flexibility index (Phi) is 10.8. The van der Waals surface area contributed by atoms with Gasteiger partial charge in [-0.05, 0) is 75.8 Å². The molecule has 0 spiro atoms. The largest absolute Gasteiger partial charge is 0.493 e. The normalized spacial score (nSPS) is 13.8. The van der Waals surface area contributed by atoms with Crippen molar-refractivity contribution in [2.45, 2.75) is 31.7 Å². The third-order valence-corrected chi connectivity index (χ3v) is 7.59. The highest BCUT2D eigenvalue weighted by Gasteiger charge is 2.17. The van der Waals surface area contributed by atoms with Crippen molar-refractivity contribution in [3.8, 4) is 23.0 Å². The first-order valence-electron chi connectivity index (χ1n) is 15.0. The molecule has 2 heterocycles. The zero-order valence-corrected chi connectivity index (χ0v) is 25.5. The molecule has 3 N–H and O–H groups in total. The average Bonchev–Trinajstić information content (AvgIpc) is 3.03. The monoisotopic (exact) mass is 615 g/mol. The van der Waals surface area contributed by atoms with E-state index in [0.717, 1.165) is 50.5 Å². The Morgan fingerprint density at radius 1 is 0.978 bits per heavy atom. The molecule has 4 aromatic rings. The smallest absolute Gasteiger partial charge is 0.325 e. The van der Waals surface area contributed by atoms with Crippen LogP contribution in [-0.4, -0.2) is 68.3 Å². The number of carbonyl (C=O) groups excluding carboxylic acids is 2. The van der Waals surface area contributed by atoms with Crippen molar-refractivity contribution in [3.63, 3.8) is 0 Å². The van der Waals surface area contributed by atoms with E-state index in [2.05, 4.69) is 32.9 Å². The molecule has 0 atom stereocenters. The van der Waals surface area contributed by atoms with E-state index in [-0.39, 0.29) is 17.9 Å². The third kappa shape index (κ3) is 8.90. The maximum absolute atomic E-state index is 15.1. The number of rotatable bonds is 12. The number of pyridine rings is 1. The van der Waals surface area contributed by atoms with E-state index in [1.807, 2.05) is 18.2 Å². The van der Waals surface area contributed by atoms with Crippen LogP contribution in [0.3, 0.4) is 0 Å². The number of urea groups is 1. The van der Waals surface area contributed by atoms with E-state index in [9.17, 15) is 9.59 Å². The molecule has 45 heavy (non-hydrogen) atoms. The van der Waals surface area contributed by atoms with E-state index in [1.54, 1.807) is 43.6 Å². The van der Waals surface area contributed by atoms with Crippen LogP contribution >= 0.6 is 0 Å². The number of methoxy groups -OCH3 is 1. The highest BCUT2D eigenvalue weighted by molar-refractivity contribution is 6.01. The first kappa shape index (κ1) is 31.7. The van der Waals surface area contributed by atoms with Crippen LogP contribution in [0.15, 0.2) is 72.9 Å². The number of fused-ring (bicyclic) bond motifs is 1. The summed E-state index contributed by atoms with van der Waals surface area (Å²) in [6.07, 6.45) is 4.78. The van der Waals surface area contributed by atoms with Crippen molar-refractivity contribution in [3.05, 3.63) is 84.3 Å². The summed E-state index contributed by atoms with van der Waals surface area (Å²) < 4.78 is 32.6. The lowest BCUT2D eigenvalue weighted by Crippen LogP contribution is -2.41. The van der Waals surface area contributed by atoms with Gasteiger partial charge in [-0.2, -0.15) is 0 Å². The number of likely N-dealkylation sites (tertiary alicyclic amines) is 1. The molecule has 1 aliphatic heterocycles. The number of piperidine rings is 1. The summed E-state index contributed by atoms with van der Waals surface area (Å²) >= 11 is 0. The van der Waals surface area contributed by atoms with Crippen LogP contribution in [0.5, 0.6) is 23.0 Å². The fraction of sp³-hybridized carbons (Fsp3) is 0.324. The zero-order valence-electron chi connectivity index (χ0n) is 25.5. The number of amides is 3. The van der Waals surface area contributed by atoms with Gasteiger partial charge < -0.3 is 29.7 Å². The van der Waals surface area contributed by atoms with Gasteiger partial charge in [-0.25, -0.2) is 9.18 Å². The first-order valence-corrected chi connectivity index (χ1v) is 15.0. The number of halogens is 1. The summed E-state index contributed by atoms with van der Waals surface area (Å²) in [5.41, 5.74) is 1.53. The van der Waals surface area contributed by atoms with Gasteiger partial charge in [0.15, 0.2) is 23.1 Å². The number of imide groups is 1. The van der Waals surface area contributed by atoms with E-state index >= 15 is 4.39 Å². The SMILES string of the molecule is COc1cc2c(Oc3ccc(NC(=O)NC(=O)Cc4ccccc4)cc3F)ccnc2cc1OCCCNC1CCN(C)CC1. The summed E-state index contributed by atoms with van der Waals surface area (Å²) in [6, 6.07) is 18.0. The van der Waals surface area contributed by atoms with Gasteiger partial charge in [0.1, 0.15) is 5.75 Å². The minimum atomic E-state index is -0.761. The predicted octanol–water partition coefficient (Wildman–Crippen LogP) is 5.52. The number of anilines is 1. The standard InChI is InChI=1S/C34H38FN5O5/c1-40-16-12-24(13-17-40)36-14-6-18-44-32-22-28-26(21-31(32)43-2)29(11-15-37-28)45-30-10-9-25(20-27(30)35)38-34(42)39-33(41)19-23-7-4-3-5-8-23/h3-5,7-11,15,20-22,24,36H,6,12-14,16-19H2,1-2H3,(H2,38,39,41,42). The van der Waals surface area contributed by atoms with Gasteiger partial charge >= 0.3 is 6.03 Å². The molecule has 0 radical (unpaired) electrons. The Bertz CT molecular complexity index is 1610. The van der Waals surface area contributed by atoms with Crippen LogP contribution in [0.25, 0.3) is 10.9 Å². The molecular weight excluding hydrogens is 577 g/mol. The van der Waals surface area contributed by atoms with Gasteiger partial charge in [0, 0.05) is 35.4 Å². The van der Waals surface area contributed by atoms with Gasteiger partial charge in [-0.1, -0.05) is 30.3 Å². The lowest BCUT2D eigenvalue weighted by molar-refractivity contribution is -0.119. The summed E-state index contributed by atoms with van der Waals surface area (Å²) in [5, 5.41) is 8.94. The van der Waals surface area contributed by atoms with Gasteiger partial charge in [-0.15, -0.1) is 0 Å². The predicted molar refractivity (Wildman–Crippen MR) is 171 cm³/mol. The molecule has 3 amide bonds. The zero-order chi connectivity index (χ0) is 31.6. The van der Waals surface area contributed by atoms with Gasteiger partial charge in [0.25, 0.3) is 0 Å². The highest BCUT2D eigenvalue weighted by Crippen LogP contribution is 2.38. The van der Waals surface area contributed by atoms with Crippen molar-refractivity contribution >= 4 is 28.5 Å². The number of hydrogen-bond acceptors (Lipinski definition) is 8. The Balaban J connectivity index is 1.17. The van der Waals surface area contributed by atoms with Gasteiger partial charge in [-0.3, -0.25) is 15.1 Å². The molecule has 0 aliphatic carbocycles. The number of carbonyl (C=O) groups is 2. The summed E-state index contributed by atoms with van der Waals surface area (Å²) in [5.74, 6) is 0.218. The minimum Gasteiger partial charge on any atom is -0.493 e. The van der Waals surface area contributed by atoms with Gasteiger partial charge in [0.2, 0.25) is 5.91 Å². The Hall–Kier alpha value is -4.74. The quantitative estimate of drug-likeness (QED) is 0.179. The Morgan fingerprint density at radius 3 is 2.53 bits per heavy atom. The maximum atomic E-state index is 15.1. The van der Waals surface area contributed by atoms with Crippen molar-refractivity contribution in [2.24, 2.45) is 0 Å². The minimum absolute atomic E-state index is 0.0455. The molecule has 1 aliphatic rings. The fourth-order valence-electron chi connectivity index (χ4n) is 5.16. The third-order valence-electron chi connectivity index (χ3n) is 7.59. The highest BCUT2D eigenvalue weighted by atomic mass is 19.1. The molecule has 1 fully saturated rings. The van der Waals surface area contributed by atoms with E-state index in [0.29, 0.717) is 40.8 Å². The lowest BCUT2D eigenvalue weighted by Gasteiger charge is -2.29. The molecule has 10 nitrogen and oxygen atoms in total. The van der Waals surface area contributed by atoms with Gasteiger partial charge in [0.05, 0.1) is 25.7 Å². The number of hydrogen-bond donors (Lipinski definition) is 3. The average molecular weight is 616 g/mol. The van der Waals surface area contributed by atoms with Crippen LogP contribution in [-0.2, 0) is 11.2 Å². The number of benzene rings is 3. The van der Waals surface area contributed by atoms with Crippen molar-refractivity contribution in [1.29, 1.82) is 0 Å². The lowest BCUT2D eigenvalue weighted by atomic mass is 10.1. The molecule has 1 saturated heterocycles. The summed E-state index contributed by atoms with van der Waals surface area (Å²) in [4.78, 5) is 31.2. The molecule has 5 rings (SSSR count). The van der Waals surface area contributed by atoms with Crippen LogP contribution in [0, 0.1) is 5.82 Å². The van der Waals surface area contributed by atoms with E-state index < -0.39 is 17.8 Å². The Morgan fingerprint density at radius 2 is 1.78 bits per heavy atom. The molecule has 236 valence electrons. The second-order valence-corrected chi connectivity index (χ2v) is 11.0. The number of aromatic nitrogens is 1. The van der Waals surface area contributed by atoms with Crippen LogP contribution < -0.4 is 30.2 Å². The number of nitrogens with zero attached hydrogens (tertiary/aromatic N) is 2. The van der Waals surface area contributed by atoms with Crippen LogP contribution in [0.2, 0.25) is 0 Å². The second kappa shape index (κ2) is 15.3. The van der Waals surface area contributed by atoms with Crippen LogP contribution in [0.1, 0.15) is 24.8 Å². The molecule has 1 aromatic heterocycles. The van der Waals surface area contributed by atoms with Crippen molar-refractivity contribution in [2.75, 3.05) is 45.7 Å². The molecule has 0 saturated carbocycles. The van der Waals surface area contributed by atoms with E-state index in [1.165, 1.54) is 12.1 Å². The molecule has 3 aromatic carbocycles. The second-order valence-electron chi connectivity index (χ2n) is 11.0. The number of nitrogens with one attached hydrogen (secondary N) is 3. The fourth-order valence-corrected chi connectivity index (χ4v) is 5.16. The van der Waals surface area contributed by atoms with Crippen molar-refractivity contribution < 1.29 is 28.2 Å². The topological polar surface area (TPSA) is 114 Å². The molecule has 0 unspecified atom stereocenters. The van der Waals surface area contributed by atoms with Crippen LogP contribution in [0.4, 0.5) is 14.9 Å². The summed E-state index contributed by atoms with van der Waals surface area (Å²) in [6.45, 7) is 3.63. The van der Waals surface area contributed by atoms with E-state index in [4.69, 9.17) is 14.2 Å². The molecule has 0 bridgehead atoms. The van der Waals surface area contributed by atoms with Crippen molar-refractivity contribution in [1.82, 2.24) is 20.5 Å². The number of ether oxygens (including phenoxy) is 3. The molecule has 11 heteroatoms. The summed E-state index contributed by atoms with van der Waals surface area (Å²) in [7, 11) is 3.71. The molecular formula is C34H38FN5O5. The Labute approximate surface area is 261 Å². The first-order chi connectivity index (χ1) is 21.9. The maximum Gasteiger partial charge on any atom is 0.325 e.